The number of aliphatic imine (C=N–C) groups is 1. The van der Waals surface area contributed by atoms with Crippen LogP contribution in [0.5, 0.6) is 17.2 Å². The van der Waals surface area contributed by atoms with Gasteiger partial charge in [0.1, 0.15) is 5.75 Å². The van der Waals surface area contributed by atoms with Gasteiger partial charge in [-0.3, -0.25) is 19.8 Å². The van der Waals surface area contributed by atoms with Crippen molar-refractivity contribution in [2.45, 2.75) is 20.3 Å². The largest absolute Gasteiger partial charge is 0.504 e. The zero-order valence-corrected chi connectivity index (χ0v) is 18.7. The SMILES string of the molecule is CCCN1C(=O)C(=Cc2cc([N+](=O)[O-])cc(OC)c2O)SC1=Nc1ccc(OCC)cc1. The summed E-state index contributed by atoms with van der Waals surface area (Å²) in [7, 11) is 1.30. The molecule has 0 aromatic heterocycles. The standard InChI is InChI=1S/C22H23N3O6S/c1-4-10-24-21(27)19(12-14-11-16(25(28)29)13-18(30-3)20(14)26)32-22(24)23-15-6-8-17(9-7-15)31-5-2/h6-9,11-13,26H,4-5,10H2,1-3H3. The van der Waals surface area contributed by atoms with Gasteiger partial charge in [-0.1, -0.05) is 6.92 Å². The average molecular weight is 458 g/mol. The van der Waals surface area contributed by atoms with Crippen molar-refractivity contribution in [3.8, 4) is 17.2 Å². The number of carbonyl (C=O) groups excluding carboxylic acids is 1. The third-order valence-electron chi connectivity index (χ3n) is 4.51. The number of methoxy groups -OCH3 is 1. The van der Waals surface area contributed by atoms with E-state index in [9.17, 15) is 20.0 Å². The molecule has 0 saturated carbocycles. The Kier molecular flexibility index (Phi) is 7.37. The molecule has 32 heavy (non-hydrogen) atoms. The summed E-state index contributed by atoms with van der Waals surface area (Å²) in [4.78, 5) is 30.1. The first-order chi connectivity index (χ1) is 15.4. The Morgan fingerprint density at radius 3 is 2.56 bits per heavy atom. The van der Waals surface area contributed by atoms with E-state index in [1.54, 1.807) is 29.2 Å². The van der Waals surface area contributed by atoms with Gasteiger partial charge in [-0.25, -0.2) is 4.99 Å². The number of ether oxygens (including phenoxy) is 2. The topological polar surface area (TPSA) is 115 Å². The molecule has 1 fully saturated rings. The number of nitro benzene ring substituents is 1. The van der Waals surface area contributed by atoms with Crippen molar-refractivity contribution in [3.05, 3.63) is 57.0 Å². The van der Waals surface area contributed by atoms with E-state index in [1.807, 2.05) is 13.8 Å². The van der Waals surface area contributed by atoms with Crippen molar-refractivity contribution in [1.29, 1.82) is 0 Å². The van der Waals surface area contributed by atoms with Crippen LogP contribution >= 0.6 is 11.8 Å². The van der Waals surface area contributed by atoms with Crippen LogP contribution < -0.4 is 9.47 Å². The molecule has 0 bridgehead atoms. The minimum absolute atomic E-state index is 0.0461. The minimum atomic E-state index is -0.588. The summed E-state index contributed by atoms with van der Waals surface area (Å²) < 4.78 is 10.5. The van der Waals surface area contributed by atoms with Crippen molar-refractivity contribution in [1.82, 2.24) is 4.90 Å². The summed E-state index contributed by atoms with van der Waals surface area (Å²) in [6, 6.07) is 9.53. The maximum atomic E-state index is 13.0. The maximum Gasteiger partial charge on any atom is 0.274 e. The van der Waals surface area contributed by atoms with Crippen LogP contribution in [0.4, 0.5) is 11.4 Å². The van der Waals surface area contributed by atoms with Crippen LogP contribution in [0.1, 0.15) is 25.8 Å². The van der Waals surface area contributed by atoms with Gasteiger partial charge in [-0.15, -0.1) is 0 Å². The molecular formula is C22H23N3O6S. The molecule has 1 heterocycles. The molecule has 168 valence electrons. The Bertz CT molecular complexity index is 1080. The predicted molar refractivity (Wildman–Crippen MR) is 124 cm³/mol. The summed E-state index contributed by atoms with van der Waals surface area (Å²) in [5.41, 5.74) is 0.521. The number of amides is 1. The summed E-state index contributed by atoms with van der Waals surface area (Å²) in [6.07, 6.45) is 2.14. The molecule has 2 aromatic rings. The number of hydrogen-bond acceptors (Lipinski definition) is 8. The number of carbonyl (C=O) groups is 1. The van der Waals surface area contributed by atoms with E-state index in [1.165, 1.54) is 19.3 Å². The highest BCUT2D eigenvalue weighted by Crippen LogP contribution is 2.39. The molecule has 0 aliphatic carbocycles. The van der Waals surface area contributed by atoms with Crippen molar-refractivity contribution in [3.63, 3.8) is 0 Å². The first kappa shape index (κ1) is 23.1. The predicted octanol–water partition coefficient (Wildman–Crippen LogP) is 4.72. The number of amidine groups is 1. The first-order valence-corrected chi connectivity index (χ1v) is 10.8. The smallest absolute Gasteiger partial charge is 0.274 e. The molecule has 1 aliphatic rings. The molecule has 10 heteroatoms. The van der Waals surface area contributed by atoms with Gasteiger partial charge in [-0.2, -0.15) is 0 Å². The summed E-state index contributed by atoms with van der Waals surface area (Å²) in [5.74, 6) is 0.118. The lowest BCUT2D eigenvalue weighted by atomic mass is 10.1. The lowest BCUT2D eigenvalue weighted by Gasteiger charge is -2.14. The summed E-state index contributed by atoms with van der Waals surface area (Å²) in [6.45, 7) is 4.88. The second-order valence-corrected chi connectivity index (χ2v) is 7.74. The molecule has 1 N–H and O–H groups in total. The van der Waals surface area contributed by atoms with Crippen molar-refractivity contribution in [2.75, 3.05) is 20.3 Å². The number of aromatic hydroxyl groups is 1. The van der Waals surface area contributed by atoms with E-state index in [0.717, 1.165) is 30.0 Å². The number of thioether (sulfide) groups is 1. The van der Waals surface area contributed by atoms with E-state index >= 15 is 0 Å². The molecule has 3 rings (SSSR count). The summed E-state index contributed by atoms with van der Waals surface area (Å²) in [5, 5.41) is 22.1. The fraction of sp³-hybridized carbons (Fsp3) is 0.273. The number of hydrogen-bond donors (Lipinski definition) is 1. The van der Waals surface area contributed by atoms with Crippen LogP contribution in [0.3, 0.4) is 0 Å². The highest BCUT2D eigenvalue weighted by molar-refractivity contribution is 8.18. The van der Waals surface area contributed by atoms with Gasteiger partial charge in [0, 0.05) is 18.2 Å². The van der Waals surface area contributed by atoms with Gasteiger partial charge in [0.25, 0.3) is 11.6 Å². The fourth-order valence-electron chi connectivity index (χ4n) is 3.03. The number of nitro groups is 1. The number of benzene rings is 2. The molecule has 2 aromatic carbocycles. The second-order valence-electron chi connectivity index (χ2n) is 6.73. The van der Waals surface area contributed by atoms with Crippen LogP contribution in [0.15, 0.2) is 46.3 Å². The molecule has 9 nitrogen and oxygen atoms in total. The van der Waals surface area contributed by atoms with Crippen LogP contribution in [0.2, 0.25) is 0 Å². The van der Waals surface area contributed by atoms with Crippen LogP contribution in [-0.4, -0.2) is 46.3 Å². The van der Waals surface area contributed by atoms with Gasteiger partial charge in [-0.05, 0) is 55.4 Å². The van der Waals surface area contributed by atoms with Crippen molar-refractivity contribution in [2.24, 2.45) is 4.99 Å². The Balaban J connectivity index is 1.99. The number of nitrogens with zero attached hydrogens (tertiary/aromatic N) is 3. The van der Waals surface area contributed by atoms with Crippen LogP contribution in [0, 0.1) is 10.1 Å². The second kappa shape index (κ2) is 10.2. The molecule has 0 atom stereocenters. The molecular weight excluding hydrogens is 434 g/mol. The first-order valence-electron chi connectivity index (χ1n) is 9.96. The van der Waals surface area contributed by atoms with E-state index in [-0.39, 0.29) is 28.7 Å². The quantitative estimate of drug-likeness (QED) is 0.346. The highest BCUT2D eigenvalue weighted by Gasteiger charge is 2.33. The highest BCUT2D eigenvalue weighted by atomic mass is 32.2. The molecule has 1 amide bonds. The summed E-state index contributed by atoms with van der Waals surface area (Å²) >= 11 is 1.14. The third-order valence-corrected chi connectivity index (χ3v) is 5.52. The number of non-ortho nitro benzene ring substituents is 1. The zero-order chi connectivity index (χ0) is 23.3. The van der Waals surface area contributed by atoms with Gasteiger partial charge in [0.15, 0.2) is 16.7 Å². The molecule has 0 radical (unpaired) electrons. The Morgan fingerprint density at radius 2 is 1.97 bits per heavy atom. The van der Waals surface area contributed by atoms with Gasteiger partial charge in [0.2, 0.25) is 0 Å². The van der Waals surface area contributed by atoms with E-state index in [4.69, 9.17) is 9.47 Å². The molecule has 0 unspecified atom stereocenters. The average Bonchev–Trinajstić information content (AvgIpc) is 3.05. The van der Waals surface area contributed by atoms with Gasteiger partial charge in [0.05, 0.1) is 35.3 Å². The number of phenolic OH excluding ortho intramolecular Hbond substituents is 1. The Morgan fingerprint density at radius 1 is 1.25 bits per heavy atom. The van der Waals surface area contributed by atoms with E-state index in [2.05, 4.69) is 4.99 Å². The third kappa shape index (κ3) is 5.02. The van der Waals surface area contributed by atoms with Gasteiger partial charge < -0.3 is 14.6 Å². The Hall–Kier alpha value is -3.53. The number of phenols is 1. The zero-order valence-electron chi connectivity index (χ0n) is 17.9. The monoisotopic (exact) mass is 457 g/mol. The molecule has 1 saturated heterocycles. The van der Waals surface area contributed by atoms with Crippen molar-refractivity contribution < 1.29 is 24.3 Å². The molecule has 1 aliphatic heterocycles. The maximum absolute atomic E-state index is 13.0. The van der Waals surface area contributed by atoms with Gasteiger partial charge >= 0.3 is 0 Å². The van der Waals surface area contributed by atoms with Crippen molar-refractivity contribution >= 4 is 40.3 Å². The van der Waals surface area contributed by atoms with E-state index < -0.39 is 4.92 Å². The lowest BCUT2D eigenvalue weighted by Crippen LogP contribution is -2.29. The number of rotatable bonds is 8. The Labute approximate surface area is 189 Å². The normalized spacial score (nSPS) is 16.1. The van der Waals surface area contributed by atoms with Crippen LogP contribution in [0.25, 0.3) is 6.08 Å². The minimum Gasteiger partial charge on any atom is -0.504 e. The van der Waals surface area contributed by atoms with E-state index in [0.29, 0.717) is 28.9 Å². The van der Waals surface area contributed by atoms with Crippen LogP contribution in [-0.2, 0) is 4.79 Å². The molecule has 0 spiro atoms. The lowest BCUT2D eigenvalue weighted by molar-refractivity contribution is -0.385. The fourth-order valence-corrected chi connectivity index (χ4v) is 4.05.